The minimum absolute atomic E-state index is 0.0155. The SMILES string of the molecule is NCCS(=O)(=O)NC(=O)c1ccc(Nc2nc(NC3(c4ccc(Cl)cc4)CC3)nc(OCC(F)(F)F)n2)cc1. The predicted molar refractivity (Wildman–Crippen MR) is 137 cm³/mol. The standard InChI is InChI=1S/C23H23ClF3N7O4S/c24-16-5-3-15(4-6-16)22(9-10-22)33-20-30-19(31-21(32-20)38-13-23(25,26)27)29-17-7-1-14(2-8-17)18(35)34-39(36,37)12-11-28/h1-8H,9-13,28H2,(H,34,35)(H2,29,30,31,32,33). The Bertz CT molecular complexity index is 1440. The summed E-state index contributed by atoms with van der Waals surface area (Å²) < 4.78 is 68.5. The van der Waals surface area contributed by atoms with Crippen molar-refractivity contribution >= 4 is 45.1 Å². The number of amides is 1. The first-order chi connectivity index (χ1) is 18.4. The average molecular weight is 586 g/mol. The van der Waals surface area contributed by atoms with Gasteiger partial charge in [0.25, 0.3) is 5.91 Å². The summed E-state index contributed by atoms with van der Waals surface area (Å²) in [5, 5.41) is 6.54. The third-order valence-electron chi connectivity index (χ3n) is 5.52. The summed E-state index contributed by atoms with van der Waals surface area (Å²) in [5.74, 6) is -1.40. The molecule has 1 saturated carbocycles. The van der Waals surface area contributed by atoms with Crippen molar-refractivity contribution < 1.29 is 31.1 Å². The number of halogens is 4. The fraction of sp³-hybridized carbons (Fsp3) is 0.304. The Balaban J connectivity index is 1.54. The van der Waals surface area contributed by atoms with Crippen LogP contribution in [0.3, 0.4) is 0 Å². The van der Waals surface area contributed by atoms with E-state index in [1.54, 1.807) is 12.1 Å². The Morgan fingerprint density at radius 3 is 2.26 bits per heavy atom. The molecule has 4 rings (SSSR count). The van der Waals surface area contributed by atoms with Gasteiger partial charge >= 0.3 is 12.2 Å². The van der Waals surface area contributed by atoms with Crippen molar-refractivity contribution in [1.82, 2.24) is 19.7 Å². The summed E-state index contributed by atoms with van der Waals surface area (Å²) >= 11 is 5.98. The molecule has 0 saturated heterocycles. The van der Waals surface area contributed by atoms with Crippen LogP contribution in [0.1, 0.15) is 28.8 Å². The normalized spacial score (nSPS) is 14.4. The van der Waals surface area contributed by atoms with E-state index in [4.69, 9.17) is 22.1 Å². The zero-order chi connectivity index (χ0) is 28.3. The second-order valence-electron chi connectivity index (χ2n) is 8.62. The lowest BCUT2D eigenvalue weighted by molar-refractivity contribution is -0.154. The number of nitrogens with one attached hydrogen (secondary N) is 3. The highest BCUT2D eigenvalue weighted by Gasteiger charge is 2.45. The van der Waals surface area contributed by atoms with Crippen LogP contribution < -0.4 is 25.8 Å². The van der Waals surface area contributed by atoms with Gasteiger partial charge < -0.3 is 21.1 Å². The number of alkyl halides is 3. The number of carbonyl (C=O) groups excluding carboxylic acids is 1. The minimum Gasteiger partial charge on any atom is -0.454 e. The van der Waals surface area contributed by atoms with Crippen molar-refractivity contribution in [3.05, 3.63) is 64.7 Å². The largest absolute Gasteiger partial charge is 0.454 e. The third kappa shape index (κ3) is 7.91. The number of nitrogens with zero attached hydrogens (tertiary/aromatic N) is 3. The maximum atomic E-state index is 12.8. The molecule has 1 heterocycles. The summed E-state index contributed by atoms with van der Waals surface area (Å²) in [6.07, 6.45) is -3.15. The monoisotopic (exact) mass is 585 g/mol. The predicted octanol–water partition coefficient (Wildman–Crippen LogP) is 3.33. The molecule has 0 atom stereocenters. The zero-order valence-corrected chi connectivity index (χ0v) is 21.7. The Kier molecular flexibility index (Phi) is 8.13. The van der Waals surface area contributed by atoms with Gasteiger partial charge in [0.15, 0.2) is 6.61 Å². The van der Waals surface area contributed by atoms with Crippen molar-refractivity contribution in [1.29, 1.82) is 0 Å². The highest BCUT2D eigenvalue weighted by atomic mass is 35.5. The molecule has 5 N–H and O–H groups in total. The second-order valence-corrected chi connectivity index (χ2v) is 10.9. The number of hydrogen-bond donors (Lipinski definition) is 4. The number of aromatic nitrogens is 3. The molecule has 0 radical (unpaired) electrons. The Hall–Kier alpha value is -3.69. The number of carbonyl (C=O) groups is 1. The van der Waals surface area contributed by atoms with E-state index < -0.39 is 46.0 Å². The molecule has 0 unspecified atom stereocenters. The molecule has 2 aromatic carbocycles. The van der Waals surface area contributed by atoms with E-state index in [0.717, 1.165) is 18.4 Å². The number of nitrogens with two attached hydrogens (primary N) is 1. The van der Waals surface area contributed by atoms with Crippen LogP contribution in [-0.2, 0) is 15.6 Å². The molecule has 0 aliphatic heterocycles. The molecule has 39 heavy (non-hydrogen) atoms. The third-order valence-corrected chi connectivity index (χ3v) is 7.04. The highest BCUT2D eigenvalue weighted by Crippen LogP contribution is 2.48. The molecule has 1 aromatic heterocycles. The molecule has 208 valence electrons. The van der Waals surface area contributed by atoms with E-state index in [9.17, 15) is 26.4 Å². The molecule has 16 heteroatoms. The van der Waals surface area contributed by atoms with E-state index in [1.807, 2.05) is 16.9 Å². The van der Waals surface area contributed by atoms with Gasteiger partial charge in [-0.15, -0.1) is 0 Å². The number of sulfonamides is 1. The highest BCUT2D eigenvalue weighted by molar-refractivity contribution is 7.90. The molecule has 0 bridgehead atoms. The van der Waals surface area contributed by atoms with Gasteiger partial charge in [-0.3, -0.25) is 4.79 Å². The second kappa shape index (κ2) is 11.2. The van der Waals surface area contributed by atoms with Gasteiger partial charge in [-0.2, -0.15) is 28.1 Å². The molecular formula is C23H23ClF3N7O4S. The molecule has 1 amide bonds. The Morgan fingerprint density at radius 1 is 1.03 bits per heavy atom. The van der Waals surface area contributed by atoms with Gasteiger partial charge in [0.2, 0.25) is 21.9 Å². The minimum atomic E-state index is -4.61. The quantitative estimate of drug-likeness (QED) is 0.263. The molecule has 1 fully saturated rings. The van der Waals surface area contributed by atoms with Crippen molar-refractivity contribution in [2.75, 3.05) is 29.5 Å². The summed E-state index contributed by atoms with van der Waals surface area (Å²) in [7, 11) is -3.87. The van der Waals surface area contributed by atoms with E-state index in [1.165, 1.54) is 24.3 Å². The van der Waals surface area contributed by atoms with Crippen LogP contribution in [0.5, 0.6) is 6.01 Å². The van der Waals surface area contributed by atoms with Gasteiger partial charge in [-0.25, -0.2) is 13.1 Å². The average Bonchev–Trinajstić information content (AvgIpc) is 3.63. The molecule has 11 nitrogen and oxygen atoms in total. The summed E-state index contributed by atoms with van der Waals surface area (Å²) in [4.78, 5) is 24.4. The molecule has 0 spiro atoms. The van der Waals surface area contributed by atoms with Crippen LogP contribution in [0.15, 0.2) is 48.5 Å². The summed E-state index contributed by atoms with van der Waals surface area (Å²) in [6.45, 7) is -1.75. The van der Waals surface area contributed by atoms with E-state index in [2.05, 4.69) is 25.6 Å². The van der Waals surface area contributed by atoms with Crippen LogP contribution in [0.4, 0.5) is 30.8 Å². The lowest BCUT2D eigenvalue weighted by Gasteiger charge is -2.19. The van der Waals surface area contributed by atoms with E-state index in [0.29, 0.717) is 10.7 Å². The maximum absolute atomic E-state index is 12.8. The summed E-state index contributed by atoms with van der Waals surface area (Å²) in [6, 6.07) is 12.1. The first kappa shape index (κ1) is 28.3. The van der Waals surface area contributed by atoms with Crippen molar-refractivity contribution in [2.45, 2.75) is 24.6 Å². The number of anilines is 3. The number of benzene rings is 2. The van der Waals surface area contributed by atoms with E-state index in [-0.39, 0.29) is 24.0 Å². The van der Waals surface area contributed by atoms with Gasteiger partial charge in [0, 0.05) is 22.8 Å². The van der Waals surface area contributed by atoms with Gasteiger partial charge in [0.05, 0.1) is 11.3 Å². The number of hydrogen-bond acceptors (Lipinski definition) is 10. The molecule has 3 aromatic rings. The van der Waals surface area contributed by atoms with Crippen LogP contribution in [-0.4, -0.2) is 54.4 Å². The fourth-order valence-corrected chi connectivity index (χ4v) is 4.45. The fourth-order valence-electron chi connectivity index (χ4n) is 3.51. The first-order valence-electron chi connectivity index (χ1n) is 11.5. The van der Waals surface area contributed by atoms with Crippen molar-refractivity contribution in [3.63, 3.8) is 0 Å². The lowest BCUT2D eigenvalue weighted by Crippen LogP contribution is -2.34. The van der Waals surface area contributed by atoms with Crippen molar-refractivity contribution in [3.8, 4) is 6.01 Å². The zero-order valence-electron chi connectivity index (χ0n) is 20.1. The molecule has 1 aliphatic carbocycles. The number of rotatable bonds is 11. The maximum Gasteiger partial charge on any atom is 0.422 e. The van der Waals surface area contributed by atoms with Crippen LogP contribution in [0.2, 0.25) is 5.02 Å². The summed E-state index contributed by atoms with van der Waals surface area (Å²) in [5.41, 5.74) is 6.01. The Labute approximate surface area is 226 Å². The van der Waals surface area contributed by atoms with Gasteiger partial charge in [0.1, 0.15) is 0 Å². The molecule has 1 aliphatic rings. The molecular weight excluding hydrogens is 563 g/mol. The first-order valence-corrected chi connectivity index (χ1v) is 13.5. The lowest BCUT2D eigenvalue weighted by atomic mass is 10.1. The van der Waals surface area contributed by atoms with Crippen LogP contribution >= 0.6 is 11.6 Å². The van der Waals surface area contributed by atoms with Crippen LogP contribution in [0, 0.1) is 0 Å². The van der Waals surface area contributed by atoms with Gasteiger partial charge in [-0.05, 0) is 54.8 Å². The van der Waals surface area contributed by atoms with Gasteiger partial charge in [-0.1, -0.05) is 23.7 Å². The smallest absolute Gasteiger partial charge is 0.422 e. The topological polar surface area (TPSA) is 161 Å². The Morgan fingerprint density at radius 2 is 1.67 bits per heavy atom. The van der Waals surface area contributed by atoms with Crippen molar-refractivity contribution in [2.24, 2.45) is 5.73 Å². The van der Waals surface area contributed by atoms with E-state index >= 15 is 0 Å². The number of ether oxygens (including phenoxy) is 1. The van der Waals surface area contributed by atoms with Crippen LogP contribution in [0.25, 0.3) is 0 Å².